The molecule has 114 valence electrons. The highest BCUT2D eigenvalue weighted by Gasteiger charge is 2.26. The molecule has 1 N–H and O–H groups in total. The zero-order chi connectivity index (χ0) is 15.6. The molecule has 0 saturated heterocycles. The molecule has 0 bridgehead atoms. The number of rotatable bonds is 4. The van der Waals surface area contributed by atoms with Crippen LogP contribution in [0.25, 0.3) is 5.69 Å². The number of hydrogen-bond donors (Lipinski definition) is 1. The fourth-order valence-electron chi connectivity index (χ4n) is 2.31. The first kappa shape index (κ1) is 15.3. The van der Waals surface area contributed by atoms with Crippen LogP contribution in [0.1, 0.15) is 32.2 Å². The third-order valence-electron chi connectivity index (χ3n) is 3.21. The topological polar surface area (TPSA) is 69.4 Å². The Labute approximate surface area is 124 Å². The molecule has 1 heterocycles. The SMILES string of the molecule is COc1ccc(-n2nnc(CO)c2C(C)(C)C)cc1OC. The van der Waals surface area contributed by atoms with Crippen LogP contribution in [0, 0.1) is 0 Å². The molecule has 1 aromatic carbocycles. The maximum Gasteiger partial charge on any atom is 0.162 e. The average molecular weight is 291 g/mol. The minimum Gasteiger partial charge on any atom is -0.493 e. The van der Waals surface area contributed by atoms with Crippen LogP contribution in [0.3, 0.4) is 0 Å². The molecule has 0 aliphatic heterocycles. The van der Waals surface area contributed by atoms with Gasteiger partial charge in [0.05, 0.1) is 32.2 Å². The number of methoxy groups -OCH3 is 2. The van der Waals surface area contributed by atoms with Crippen molar-refractivity contribution in [2.75, 3.05) is 14.2 Å². The van der Waals surface area contributed by atoms with Crippen molar-refractivity contribution in [1.82, 2.24) is 15.0 Å². The van der Waals surface area contributed by atoms with Gasteiger partial charge in [-0.05, 0) is 12.1 Å². The predicted octanol–water partition coefficient (Wildman–Crippen LogP) is 2.07. The van der Waals surface area contributed by atoms with Gasteiger partial charge in [0.1, 0.15) is 5.69 Å². The lowest BCUT2D eigenvalue weighted by Gasteiger charge is -2.21. The average Bonchev–Trinajstić information content (AvgIpc) is 2.90. The minimum absolute atomic E-state index is 0.139. The van der Waals surface area contributed by atoms with Crippen LogP contribution in [0.5, 0.6) is 11.5 Å². The van der Waals surface area contributed by atoms with Gasteiger partial charge in [0.2, 0.25) is 0 Å². The lowest BCUT2D eigenvalue weighted by Crippen LogP contribution is -2.19. The minimum atomic E-state index is -0.200. The Morgan fingerprint density at radius 1 is 1.14 bits per heavy atom. The van der Waals surface area contributed by atoms with E-state index in [9.17, 15) is 5.11 Å². The lowest BCUT2D eigenvalue weighted by molar-refractivity contribution is 0.273. The van der Waals surface area contributed by atoms with Gasteiger partial charge in [0.25, 0.3) is 0 Å². The molecular weight excluding hydrogens is 270 g/mol. The fraction of sp³-hybridized carbons (Fsp3) is 0.467. The van der Waals surface area contributed by atoms with Gasteiger partial charge < -0.3 is 14.6 Å². The van der Waals surface area contributed by atoms with Gasteiger partial charge in [-0.1, -0.05) is 26.0 Å². The van der Waals surface area contributed by atoms with Crippen LogP contribution in [-0.2, 0) is 12.0 Å². The molecule has 0 aliphatic carbocycles. The lowest BCUT2D eigenvalue weighted by atomic mass is 9.90. The highest BCUT2D eigenvalue weighted by molar-refractivity contribution is 5.49. The summed E-state index contributed by atoms with van der Waals surface area (Å²) in [6.45, 7) is 6.03. The van der Waals surface area contributed by atoms with Crippen LogP contribution in [0.2, 0.25) is 0 Å². The maximum absolute atomic E-state index is 9.46. The van der Waals surface area contributed by atoms with Gasteiger partial charge in [-0.2, -0.15) is 0 Å². The van der Waals surface area contributed by atoms with Gasteiger partial charge in [0, 0.05) is 11.5 Å². The van der Waals surface area contributed by atoms with Crippen molar-refractivity contribution >= 4 is 0 Å². The summed E-state index contributed by atoms with van der Waals surface area (Å²) >= 11 is 0. The number of benzene rings is 1. The number of aliphatic hydroxyl groups is 1. The standard InChI is InChI=1S/C15H21N3O3/c1-15(2,3)14-11(9-19)16-17-18(14)10-6-7-12(20-4)13(8-10)21-5/h6-8,19H,9H2,1-5H3. The van der Waals surface area contributed by atoms with Crippen molar-refractivity contribution in [3.63, 3.8) is 0 Å². The van der Waals surface area contributed by atoms with Crippen LogP contribution < -0.4 is 9.47 Å². The second-order valence-corrected chi connectivity index (χ2v) is 5.74. The third-order valence-corrected chi connectivity index (χ3v) is 3.21. The first-order valence-electron chi connectivity index (χ1n) is 6.70. The normalized spacial score (nSPS) is 11.5. The third kappa shape index (κ3) is 2.85. The summed E-state index contributed by atoms with van der Waals surface area (Å²) in [6, 6.07) is 5.54. The van der Waals surface area contributed by atoms with Crippen LogP contribution in [0.4, 0.5) is 0 Å². The molecule has 0 radical (unpaired) electrons. The van der Waals surface area contributed by atoms with E-state index >= 15 is 0 Å². The molecule has 0 aliphatic rings. The van der Waals surface area contributed by atoms with Crippen molar-refractivity contribution in [1.29, 1.82) is 0 Å². The molecule has 2 aromatic rings. The van der Waals surface area contributed by atoms with Gasteiger partial charge in [-0.15, -0.1) is 5.10 Å². The van der Waals surface area contributed by atoms with Crippen molar-refractivity contribution in [3.05, 3.63) is 29.6 Å². The monoisotopic (exact) mass is 291 g/mol. The molecule has 0 saturated carbocycles. The van der Waals surface area contributed by atoms with E-state index in [-0.39, 0.29) is 12.0 Å². The first-order valence-corrected chi connectivity index (χ1v) is 6.70. The largest absolute Gasteiger partial charge is 0.493 e. The number of aliphatic hydroxyl groups excluding tert-OH is 1. The Morgan fingerprint density at radius 2 is 1.81 bits per heavy atom. The summed E-state index contributed by atoms with van der Waals surface area (Å²) in [7, 11) is 3.18. The molecule has 6 heteroatoms. The second kappa shape index (κ2) is 5.73. The molecule has 2 rings (SSSR count). The highest BCUT2D eigenvalue weighted by Crippen LogP contribution is 2.32. The van der Waals surface area contributed by atoms with Gasteiger partial charge >= 0.3 is 0 Å². The summed E-state index contributed by atoms with van der Waals surface area (Å²) in [5.41, 5.74) is 2.06. The smallest absolute Gasteiger partial charge is 0.162 e. The van der Waals surface area contributed by atoms with E-state index in [0.717, 1.165) is 11.4 Å². The van der Waals surface area contributed by atoms with E-state index < -0.39 is 0 Å². The Balaban J connectivity index is 2.60. The Morgan fingerprint density at radius 3 is 2.33 bits per heavy atom. The Kier molecular flexibility index (Phi) is 4.18. The number of hydrogen-bond acceptors (Lipinski definition) is 5. The number of nitrogens with zero attached hydrogens (tertiary/aromatic N) is 3. The molecule has 6 nitrogen and oxygen atoms in total. The summed E-state index contributed by atoms with van der Waals surface area (Å²) < 4.78 is 12.3. The van der Waals surface area contributed by atoms with E-state index in [2.05, 4.69) is 31.1 Å². The van der Waals surface area contributed by atoms with Crippen molar-refractivity contribution in [3.8, 4) is 17.2 Å². The summed E-state index contributed by atoms with van der Waals surface area (Å²) in [4.78, 5) is 0. The van der Waals surface area contributed by atoms with E-state index in [1.807, 2.05) is 18.2 Å². The van der Waals surface area contributed by atoms with Crippen molar-refractivity contribution < 1.29 is 14.6 Å². The second-order valence-electron chi connectivity index (χ2n) is 5.74. The summed E-state index contributed by atoms with van der Waals surface area (Å²) in [5, 5.41) is 17.7. The van der Waals surface area contributed by atoms with Crippen LogP contribution in [0.15, 0.2) is 18.2 Å². The molecule has 0 atom stereocenters. The van der Waals surface area contributed by atoms with E-state index in [4.69, 9.17) is 9.47 Å². The zero-order valence-corrected chi connectivity index (χ0v) is 13.0. The summed E-state index contributed by atoms with van der Waals surface area (Å²) in [5.74, 6) is 1.27. The van der Waals surface area contributed by atoms with Crippen molar-refractivity contribution in [2.45, 2.75) is 32.8 Å². The summed E-state index contributed by atoms with van der Waals surface area (Å²) in [6.07, 6.45) is 0. The zero-order valence-electron chi connectivity index (χ0n) is 13.0. The highest BCUT2D eigenvalue weighted by atomic mass is 16.5. The van der Waals surface area contributed by atoms with Crippen LogP contribution >= 0.6 is 0 Å². The molecule has 0 unspecified atom stereocenters. The molecule has 0 fully saturated rings. The molecule has 0 spiro atoms. The fourth-order valence-corrected chi connectivity index (χ4v) is 2.31. The first-order chi connectivity index (χ1) is 9.92. The van der Waals surface area contributed by atoms with Crippen molar-refractivity contribution in [2.24, 2.45) is 0 Å². The van der Waals surface area contributed by atoms with Gasteiger partial charge in [-0.25, -0.2) is 4.68 Å². The van der Waals surface area contributed by atoms with E-state index in [0.29, 0.717) is 17.2 Å². The van der Waals surface area contributed by atoms with Crippen LogP contribution in [-0.4, -0.2) is 34.3 Å². The quantitative estimate of drug-likeness (QED) is 0.934. The van der Waals surface area contributed by atoms with Gasteiger partial charge in [0.15, 0.2) is 11.5 Å². The predicted molar refractivity (Wildman–Crippen MR) is 79.1 cm³/mol. The van der Waals surface area contributed by atoms with E-state index in [1.54, 1.807) is 18.9 Å². The van der Waals surface area contributed by atoms with E-state index in [1.165, 1.54) is 0 Å². The molecule has 21 heavy (non-hydrogen) atoms. The molecule has 1 aromatic heterocycles. The number of aromatic nitrogens is 3. The molecule has 0 amide bonds. The van der Waals surface area contributed by atoms with Gasteiger partial charge in [-0.3, -0.25) is 0 Å². The maximum atomic E-state index is 9.46. The Bertz CT molecular complexity index is 630. The number of ether oxygens (including phenoxy) is 2. The molecular formula is C15H21N3O3. The Hall–Kier alpha value is -2.08.